The molecule has 1 heterocycles. The summed E-state index contributed by atoms with van der Waals surface area (Å²) in [5, 5.41) is 7.12. The third-order valence-electron chi connectivity index (χ3n) is 3.17. The van der Waals surface area contributed by atoms with Crippen molar-refractivity contribution >= 4 is 23.2 Å². The molecule has 2 aromatic carbocycles. The molecule has 1 aromatic heterocycles. The van der Waals surface area contributed by atoms with Gasteiger partial charge in [-0.1, -0.05) is 28.9 Å². The van der Waals surface area contributed by atoms with Gasteiger partial charge in [-0.25, -0.2) is 4.39 Å². The predicted octanol–water partition coefficient (Wildman–Crippen LogP) is 4.32. The van der Waals surface area contributed by atoms with E-state index in [0.717, 1.165) is 0 Å². The van der Waals surface area contributed by atoms with Crippen LogP contribution in [0.4, 0.5) is 10.1 Å². The molecule has 116 valence electrons. The summed E-state index contributed by atoms with van der Waals surface area (Å²) in [5.74, 6) is -0.362. The van der Waals surface area contributed by atoms with Crippen molar-refractivity contribution in [3.63, 3.8) is 0 Å². The third kappa shape index (κ3) is 3.76. The Bertz CT molecular complexity index is 831. The van der Waals surface area contributed by atoms with E-state index in [1.807, 2.05) is 0 Å². The molecular formula is C17H12ClFN2O2. The Kier molecular flexibility index (Phi) is 4.39. The van der Waals surface area contributed by atoms with E-state index in [0.29, 0.717) is 22.0 Å². The van der Waals surface area contributed by atoms with E-state index in [9.17, 15) is 9.18 Å². The largest absolute Gasteiger partial charge is 0.356 e. The first-order valence-corrected chi connectivity index (χ1v) is 7.25. The maximum Gasteiger partial charge on any atom is 0.230 e. The molecule has 0 aliphatic rings. The SMILES string of the molecule is O=C(Cc1cc(-c2ccccc2F)on1)Nc1ccc(Cl)cc1. The van der Waals surface area contributed by atoms with Crippen molar-refractivity contribution in [3.05, 3.63) is 71.1 Å². The molecule has 4 nitrogen and oxygen atoms in total. The number of aromatic nitrogens is 1. The molecule has 6 heteroatoms. The van der Waals surface area contributed by atoms with E-state index in [1.54, 1.807) is 48.5 Å². The van der Waals surface area contributed by atoms with Gasteiger partial charge in [0.1, 0.15) is 5.82 Å². The number of nitrogens with one attached hydrogen (secondary N) is 1. The number of anilines is 1. The first-order valence-electron chi connectivity index (χ1n) is 6.88. The standard InChI is InChI=1S/C17H12ClFN2O2/c18-11-5-7-12(8-6-11)20-17(22)10-13-9-16(23-21-13)14-3-1-2-4-15(14)19/h1-9H,10H2,(H,20,22). The fraction of sp³-hybridized carbons (Fsp3) is 0.0588. The highest BCUT2D eigenvalue weighted by atomic mass is 35.5. The van der Waals surface area contributed by atoms with Crippen LogP contribution in [0, 0.1) is 5.82 Å². The second-order valence-corrected chi connectivity index (χ2v) is 5.33. The Labute approximate surface area is 136 Å². The van der Waals surface area contributed by atoms with Gasteiger partial charge in [-0.15, -0.1) is 0 Å². The Morgan fingerprint density at radius 1 is 1.17 bits per heavy atom. The van der Waals surface area contributed by atoms with E-state index in [1.165, 1.54) is 6.07 Å². The average molecular weight is 331 g/mol. The molecule has 0 unspecified atom stereocenters. The molecule has 0 atom stereocenters. The maximum atomic E-state index is 13.7. The lowest BCUT2D eigenvalue weighted by atomic mass is 10.1. The Morgan fingerprint density at radius 3 is 2.65 bits per heavy atom. The minimum atomic E-state index is -0.402. The number of nitrogens with zero attached hydrogens (tertiary/aromatic N) is 1. The smallest absolute Gasteiger partial charge is 0.230 e. The summed E-state index contributed by atoms with van der Waals surface area (Å²) in [4.78, 5) is 12.0. The van der Waals surface area contributed by atoms with Gasteiger partial charge in [-0.2, -0.15) is 0 Å². The van der Waals surface area contributed by atoms with Gasteiger partial charge >= 0.3 is 0 Å². The first-order chi connectivity index (χ1) is 11.1. The highest BCUT2D eigenvalue weighted by Crippen LogP contribution is 2.23. The average Bonchev–Trinajstić information content (AvgIpc) is 2.98. The molecule has 3 aromatic rings. The number of benzene rings is 2. The number of carbonyl (C=O) groups excluding carboxylic acids is 1. The summed E-state index contributed by atoms with van der Waals surface area (Å²) in [7, 11) is 0. The molecule has 0 aliphatic carbocycles. The predicted molar refractivity (Wildman–Crippen MR) is 85.7 cm³/mol. The van der Waals surface area contributed by atoms with Gasteiger partial charge in [-0.05, 0) is 36.4 Å². The summed E-state index contributed by atoms with van der Waals surface area (Å²) in [5.41, 5.74) is 1.37. The van der Waals surface area contributed by atoms with Gasteiger partial charge in [0, 0.05) is 16.8 Å². The van der Waals surface area contributed by atoms with Gasteiger partial charge < -0.3 is 9.84 Å². The van der Waals surface area contributed by atoms with E-state index in [2.05, 4.69) is 10.5 Å². The van der Waals surface area contributed by atoms with Crippen LogP contribution in [-0.4, -0.2) is 11.1 Å². The van der Waals surface area contributed by atoms with Crippen molar-refractivity contribution in [2.45, 2.75) is 6.42 Å². The Morgan fingerprint density at radius 2 is 1.91 bits per heavy atom. The second kappa shape index (κ2) is 6.62. The zero-order valence-electron chi connectivity index (χ0n) is 11.9. The van der Waals surface area contributed by atoms with Crippen LogP contribution in [0.3, 0.4) is 0 Å². The monoisotopic (exact) mass is 330 g/mol. The van der Waals surface area contributed by atoms with Crippen molar-refractivity contribution in [3.8, 4) is 11.3 Å². The normalized spacial score (nSPS) is 10.5. The summed E-state index contributed by atoms with van der Waals surface area (Å²) in [6.45, 7) is 0. The molecule has 0 fully saturated rings. The van der Waals surface area contributed by atoms with E-state index < -0.39 is 5.82 Å². The molecule has 0 spiro atoms. The first kappa shape index (κ1) is 15.2. The number of hydrogen-bond acceptors (Lipinski definition) is 3. The highest BCUT2D eigenvalue weighted by Gasteiger charge is 2.13. The van der Waals surface area contributed by atoms with Crippen LogP contribution in [0.2, 0.25) is 5.02 Å². The van der Waals surface area contributed by atoms with Crippen LogP contribution in [-0.2, 0) is 11.2 Å². The van der Waals surface area contributed by atoms with E-state index in [-0.39, 0.29) is 18.1 Å². The van der Waals surface area contributed by atoms with Crippen molar-refractivity contribution in [1.82, 2.24) is 5.16 Å². The zero-order chi connectivity index (χ0) is 16.2. The highest BCUT2D eigenvalue weighted by molar-refractivity contribution is 6.30. The van der Waals surface area contributed by atoms with Gasteiger partial charge in [0.25, 0.3) is 0 Å². The third-order valence-corrected chi connectivity index (χ3v) is 3.42. The van der Waals surface area contributed by atoms with Crippen LogP contribution in [0.15, 0.2) is 59.1 Å². The molecule has 1 N–H and O–H groups in total. The van der Waals surface area contributed by atoms with Gasteiger partial charge in [0.15, 0.2) is 5.76 Å². The second-order valence-electron chi connectivity index (χ2n) is 4.89. The molecule has 0 radical (unpaired) electrons. The Hall–Kier alpha value is -2.66. The van der Waals surface area contributed by atoms with Crippen molar-refractivity contribution in [2.24, 2.45) is 0 Å². The minimum absolute atomic E-state index is 0.0284. The molecule has 0 saturated heterocycles. The topological polar surface area (TPSA) is 55.1 Å². The lowest BCUT2D eigenvalue weighted by Crippen LogP contribution is -2.14. The van der Waals surface area contributed by atoms with E-state index >= 15 is 0 Å². The van der Waals surface area contributed by atoms with Gasteiger partial charge in [0.2, 0.25) is 5.91 Å². The minimum Gasteiger partial charge on any atom is -0.356 e. The lowest BCUT2D eigenvalue weighted by Gasteiger charge is -2.03. The molecular weight excluding hydrogens is 319 g/mol. The zero-order valence-corrected chi connectivity index (χ0v) is 12.7. The van der Waals surface area contributed by atoms with Gasteiger partial charge in [-0.3, -0.25) is 4.79 Å². The Balaban J connectivity index is 1.68. The van der Waals surface area contributed by atoms with Crippen molar-refractivity contribution in [1.29, 1.82) is 0 Å². The molecule has 23 heavy (non-hydrogen) atoms. The number of halogens is 2. The summed E-state index contributed by atoms with van der Waals surface area (Å²) < 4.78 is 18.8. The van der Waals surface area contributed by atoms with Crippen LogP contribution in [0.25, 0.3) is 11.3 Å². The number of carbonyl (C=O) groups is 1. The number of rotatable bonds is 4. The molecule has 0 aliphatic heterocycles. The summed E-state index contributed by atoms with van der Waals surface area (Å²) >= 11 is 5.79. The number of amides is 1. The lowest BCUT2D eigenvalue weighted by molar-refractivity contribution is -0.115. The van der Waals surface area contributed by atoms with Crippen molar-refractivity contribution in [2.75, 3.05) is 5.32 Å². The maximum absolute atomic E-state index is 13.7. The van der Waals surface area contributed by atoms with Gasteiger partial charge in [0.05, 0.1) is 17.7 Å². The van der Waals surface area contributed by atoms with E-state index in [4.69, 9.17) is 16.1 Å². The molecule has 1 amide bonds. The fourth-order valence-electron chi connectivity index (χ4n) is 2.09. The number of hydrogen-bond donors (Lipinski definition) is 1. The quantitative estimate of drug-likeness (QED) is 0.775. The molecule has 3 rings (SSSR count). The van der Waals surface area contributed by atoms with Crippen molar-refractivity contribution < 1.29 is 13.7 Å². The summed E-state index contributed by atoms with van der Waals surface area (Å²) in [6.07, 6.45) is 0.0284. The van der Waals surface area contributed by atoms with Crippen LogP contribution >= 0.6 is 11.6 Å². The molecule has 0 bridgehead atoms. The summed E-state index contributed by atoms with van der Waals surface area (Å²) in [6, 6.07) is 14.6. The molecule has 0 saturated carbocycles. The van der Waals surface area contributed by atoms with Crippen LogP contribution < -0.4 is 5.32 Å². The van der Waals surface area contributed by atoms with Crippen LogP contribution in [0.5, 0.6) is 0 Å². The fourth-order valence-corrected chi connectivity index (χ4v) is 2.21. The van der Waals surface area contributed by atoms with Crippen LogP contribution in [0.1, 0.15) is 5.69 Å².